The summed E-state index contributed by atoms with van der Waals surface area (Å²) in [7, 11) is 0. The van der Waals surface area contributed by atoms with Crippen molar-refractivity contribution in [1.82, 2.24) is 0 Å². The highest BCUT2D eigenvalue weighted by Crippen LogP contribution is 2.64. The van der Waals surface area contributed by atoms with Gasteiger partial charge >= 0.3 is 29.7 Å². The number of carbonyl (C=O) groups excluding carboxylic acids is 1. The number of carbonyl (C=O) groups is 1. The van der Waals surface area contributed by atoms with E-state index in [4.69, 9.17) is 14.2 Å². The van der Waals surface area contributed by atoms with Crippen molar-refractivity contribution in [2.45, 2.75) is 74.1 Å². The highest BCUT2D eigenvalue weighted by atomic mass is 19.3. The normalized spacial score (nSPS) is 40.6. The summed E-state index contributed by atoms with van der Waals surface area (Å²) in [5.74, 6) is -25.3. The Labute approximate surface area is 166 Å². The van der Waals surface area contributed by atoms with Crippen molar-refractivity contribution in [3.8, 4) is 0 Å². The fraction of sp³-hybridized carbons (Fsp3) is 0.944. The Kier molecular flexibility index (Phi) is 4.56. The van der Waals surface area contributed by atoms with Crippen LogP contribution in [-0.2, 0) is 19.0 Å². The molecule has 4 nitrogen and oxygen atoms in total. The van der Waals surface area contributed by atoms with E-state index in [1.54, 1.807) is 0 Å². The Hall–Kier alpha value is -1.17. The van der Waals surface area contributed by atoms with Crippen LogP contribution in [0.15, 0.2) is 0 Å². The molecule has 1 aliphatic heterocycles. The molecule has 30 heavy (non-hydrogen) atoms. The zero-order valence-electron chi connectivity index (χ0n) is 15.8. The largest absolute Gasteiger partial charge is 0.455 e. The molecule has 1 saturated heterocycles. The third-order valence-corrected chi connectivity index (χ3v) is 6.82. The quantitative estimate of drug-likeness (QED) is 0.460. The first-order chi connectivity index (χ1) is 13.5. The van der Waals surface area contributed by atoms with E-state index in [0.29, 0.717) is 6.92 Å². The summed E-state index contributed by atoms with van der Waals surface area (Å²) in [5, 5.41) is 0. The van der Waals surface area contributed by atoms with Crippen molar-refractivity contribution in [3.63, 3.8) is 0 Å². The van der Waals surface area contributed by atoms with Crippen LogP contribution >= 0.6 is 0 Å². The van der Waals surface area contributed by atoms with Gasteiger partial charge in [-0.3, -0.25) is 0 Å². The van der Waals surface area contributed by atoms with E-state index in [-0.39, 0.29) is 38.0 Å². The van der Waals surface area contributed by atoms with E-state index >= 15 is 0 Å². The van der Waals surface area contributed by atoms with E-state index in [9.17, 15) is 39.9 Å². The maximum absolute atomic E-state index is 13.9. The van der Waals surface area contributed by atoms with Crippen molar-refractivity contribution in [2.75, 3.05) is 13.2 Å². The molecule has 0 amide bonds. The van der Waals surface area contributed by atoms with Gasteiger partial charge < -0.3 is 14.2 Å². The fourth-order valence-corrected chi connectivity index (χ4v) is 5.63. The second-order valence-corrected chi connectivity index (χ2v) is 9.09. The van der Waals surface area contributed by atoms with Gasteiger partial charge in [-0.15, -0.1) is 0 Å². The van der Waals surface area contributed by atoms with Crippen LogP contribution in [0.2, 0.25) is 0 Å². The summed E-state index contributed by atoms with van der Waals surface area (Å²) >= 11 is 0. The molecule has 12 heteroatoms. The molecule has 0 N–H and O–H groups in total. The molecule has 0 aromatic heterocycles. The van der Waals surface area contributed by atoms with Gasteiger partial charge in [0.1, 0.15) is 18.8 Å². The number of rotatable bonds is 2. The van der Waals surface area contributed by atoms with Crippen LogP contribution in [0.25, 0.3) is 0 Å². The molecule has 5 fully saturated rings. The van der Waals surface area contributed by atoms with Gasteiger partial charge in [0.2, 0.25) is 0 Å². The minimum atomic E-state index is -5.67. The second kappa shape index (κ2) is 6.20. The van der Waals surface area contributed by atoms with Crippen LogP contribution in [0.4, 0.5) is 35.1 Å². The van der Waals surface area contributed by atoms with Crippen LogP contribution in [0, 0.1) is 17.8 Å². The van der Waals surface area contributed by atoms with Crippen molar-refractivity contribution < 1.29 is 54.1 Å². The maximum Gasteiger partial charge on any atom is 0.377 e. The highest BCUT2D eigenvalue weighted by molar-refractivity contribution is 5.77. The summed E-state index contributed by atoms with van der Waals surface area (Å²) < 4.78 is 125. The van der Waals surface area contributed by atoms with Crippen molar-refractivity contribution in [1.29, 1.82) is 0 Å². The van der Waals surface area contributed by atoms with Gasteiger partial charge in [-0.2, -0.15) is 35.1 Å². The molecular weight excluding hydrogens is 432 g/mol. The summed E-state index contributed by atoms with van der Waals surface area (Å²) in [4.78, 5) is 11.7. The fourth-order valence-electron chi connectivity index (χ4n) is 5.63. The van der Waals surface area contributed by atoms with Gasteiger partial charge in [0.25, 0.3) is 0 Å². The van der Waals surface area contributed by atoms with Crippen LogP contribution in [0.3, 0.4) is 0 Å². The molecule has 2 atom stereocenters. The number of ether oxygens (including phenoxy) is 3. The Bertz CT molecular complexity index is 694. The number of hydrogen-bond donors (Lipinski definition) is 0. The van der Waals surface area contributed by atoms with Crippen LogP contribution in [0.1, 0.15) is 39.0 Å². The number of halogens is 8. The summed E-state index contributed by atoms with van der Waals surface area (Å²) in [6, 6.07) is 0. The monoisotopic (exact) mass is 452 g/mol. The maximum atomic E-state index is 13.9. The molecule has 1 heterocycles. The Morgan fingerprint density at radius 3 is 1.80 bits per heavy atom. The number of hydrogen-bond acceptors (Lipinski definition) is 4. The average Bonchev–Trinajstić information content (AvgIpc) is 2.58. The SMILES string of the molecule is CC(F)(F)C(=O)OC12CC3CC(C1)C1(OCC(F)(F)C(F)(F)C(F)(F)CO1)C(C3)C2. The van der Waals surface area contributed by atoms with Crippen LogP contribution < -0.4 is 0 Å². The minimum Gasteiger partial charge on any atom is -0.455 e. The predicted octanol–water partition coefficient (Wildman–Crippen LogP) is 4.41. The number of alkyl halides is 8. The minimum absolute atomic E-state index is 0.130. The lowest BCUT2D eigenvalue weighted by Gasteiger charge is -2.63. The van der Waals surface area contributed by atoms with Crippen molar-refractivity contribution in [2.24, 2.45) is 17.8 Å². The van der Waals surface area contributed by atoms with Crippen LogP contribution in [-0.4, -0.2) is 54.3 Å². The van der Waals surface area contributed by atoms with Gasteiger partial charge in [0.15, 0.2) is 5.79 Å². The molecule has 5 rings (SSSR count). The molecule has 4 bridgehead atoms. The molecule has 1 spiro atoms. The Morgan fingerprint density at radius 1 is 0.900 bits per heavy atom. The Balaban J connectivity index is 1.62. The summed E-state index contributed by atoms with van der Waals surface area (Å²) in [6.07, 6.45) is 0.546. The topological polar surface area (TPSA) is 44.8 Å². The zero-order valence-corrected chi connectivity index (χ0v) is 15.8. The van der Waals surface area contributed by atoms with E-state index in [0.717, 1.165) is 0 Å². The molecule has 4 aliphatic carbocycles. The van der Waals surface area contributed by atoms with Crippen LogP contribution in [0.5, 0.6) is 0 Å². The van der Waals surface area contributed by atoms with E-state index in [1.165, 1.54) is 0 Å². The third kappa shape index (κ3) is 3.03. The first kappa shape index (κ1) is 22.0. The highest BCUT2D eigenvalue weighted by Gasteiger charge is 2.75. The molecule has 172 valence electrons. The second-order valence-electron chi connectivity index (χ2n) is 9.09. The number of esters is 1. The zero-order chi connectivity index (χ0) is 22.4. The average molecular weight is 452 g/mol. The molecular formula is C18H20F8O4. The molecule has 4 saturated carbocycles. The summed E-state index contributed by atoms with van der Waals surface area (Å²) in [6.45, 7) is -3.58. The summed E-state index contributed by atoms with van der Waals surface area (Å²) in [5.41, 5.74) is -1.32. The molecule has 0 radical (unpaired) electrons. The van der Waals surface area contributed by atoms with Gasteiger partial charge in [-0.1, -0.05) is 0 Å². The molecule has 5 aliphatic rings. The smallest absolute Gasteiger partial charge is 0.377 e. The van der Waals surface area contributed by atoms with Gasteiger partial charge in [-0.25, -0.2) is 4.79 Å². The van der Waals surface area contributed by atoms with Gasteiger partial charge in [0.05, 0.1) is 0 Å². The predicted molar refractivity (Wildman–Crippen MR) is 82.5 cm³/mol. The van der Waals surface area contributed by atoms with E-state index < -0.39 is 66.1 Å². The Morgan fingerprint density at radius 2 is 1.37 bits per heavy atom. The van der Waals surface area contributed by atoms with E-state index in [2.05, 4.69) is 0 Å². The first-order valence-electron chi connectivity index (χ1n) is 9.56. The molecule has 0 aromatic rings. The lowest BCUT2D eigenvalue weighted by Crippen LogP contribution is -2.70. The molecule has 2 unspecified atom stereocenters. The lowest BCUT2D eigenvalue weighted by molar-refractivity contribution is -0.425. The molecule has 0 aromatic carbocycles. The first-order valence-corrected chi connectivity index (χ1v) is 9.56. The lowest BCUT2D eigenvalue weighted by atomic mass is 9.51. The van der Waals surface area contributed by atoms with Gasteiger partial charge in [0, 0.05) is 18.8 Å². The third-order valence-electron chi connectivity index (χ3n) is 6.82. The van der Waals surface area contributed by atoms with E-state index in [1.807, 2.05) is 0 Å². The van der Waals surface area contributed by atoms with Gasteiger partial charge in [-0.05, 0) is 38.0 Å². The van der Waals surface area contributed by atoms with Crippen molar-refractivity contribution >= 4 is 5.97 Å². The standard InChI is InChI=1S/C18H20F8O4/c1-13(19,20)12(27)30-14-4-9-2-10(5-14)17(11(3-9)6-14)28-7-15(21,22)18(25,26)16(23,24)8-29-17/h9-11H,2-8H2,1H3. The van der Waals surface area contributed by atoms with Crippen molar-refractivity contribution in [3.05, 3.63) is 0 Å².